The van der Waals surface area contributed by atoms with E-state index in [9.17, 15) is 8.42 Å². The molecule has 2 unspecified atom stereocenters. The molecule has 0 amide bonds. The lowest BCUT2D eigenvalue weighted by Gasteiger charge is -2.23. The van der Waals surface area contributed by atoms with Gasteiger partial charge in [0, 0.05) is 17.6 Å². The van der Waals surface area contributed by atoms with Gasteiger partial charge in [-0.25, -0.2) is 8.42 Å². The zero-order valence-corrected chi connectivity index (χ0v) is 13.2. The summed E-state index contributed by atoms with van der Waals surface area (Å²) in [5.41, 5.74) is 2.29. The van der Waals surface area contributed by atoms with Crippen LogP contribution in [0.3, 0.4) is 0 Å². The highest BCUT2D eigenvalue weighted by Gasteiger charge is 2.29. The lowest BCUT2D eigenvalue weighted by Crippen LogP contribution is -2.33. The van der Waals surface area contributed by atoms with E-state index < -0.39 is 9.84 Å². The maximum Gasteiger partial charge on any atom is 0.151 e. The summed E-state index contributed by atoms with van der Waals surface area (Å²) in [6, 6.07) is 6.29. The second kappa shape index (κ2) is 6.14. The molecule has 1 heterocycles. The van der Waals surface area contributed by atoms with Crippen LogP contribution >= 0.6 is 0 Å². The van der Waals surface area contributed by atoms with Gasteiger partial charge in [-0.3, -0.25) is 0 Å². The van der Waals surface area contributed by atoms with Crippen molar-refractivity contribution in [2.75, 3.05) is 18.6 Å². The average molecular weight is 297 g/mol. The Bertz CT molecular complexity index is 568. The van der Waals surface area contributed by atoms with E-state index in [1.807, 2.05) is 12.1 Å². The van der Waals surface area contributed by atoms with Crippen molar-refractivity contribution in [2.45, 2.75) is 38.8 Å². The van der Waals surface area contributed by atoms with Gasteiger partial charge >= 0.3 is 0 Å². The molecule has 5 heteroatoms. The molecule has 1 aromatic carbocycles. The van der Waals surface area contributed by atoms with Crippen LogP contribution in [0.4, 0.5) is 0 Å². The summed E-state index contributed by atoms with van der Waals surface area (Å²) in [6.07, 6.45) is 1.60. The van der Waals surface area contributed by atoms with Gasteiger partial charge in [0.2, 0.25) is 0 Å². The molecule has 0 bridgehead atoms. The van der Waals surface area contributed by atoms with Gasteiger partial charge in [-0.2, -0.15) is 0 Å². The summed E-state index contributed by atoms with van der Waals surface area (Å²) >= 11 is 0. The molecular formula is C15H23NO3S. The summed E-state index contributed by atoms with van der Waals surface area (Å²) in [6.45, 7) is 4.15. The van der Waals surface area contributed by atoms with Gasteiger partial charge in [0.15, 0.2) is 9.84 Å². The van der Waals surface area contributed by atoms with Gasteiger partial charge in [-0.1, -0.05) is 24.6 Å². The number of aryl methyl sites for hydroxylation is 1. The van der Waals surface area contributed by atoms with Gasteiger partial charge in [-0.05, 0) is 25.8 Å². The van der Waals surface area contributed by atoms with Crippen molar-refractivity contribution in [3.8, 4) is 5.75 Å². The van der Waals surface area contributed by atoms with Gasteiger partial charge in [0.1, 0.15) is 5.75 Å². The number of hydrogen-bond acceptors (Lipinski definition) is 4. The quantitative estimate of drug-likeness (QED) is 0.905. The van der Waals surface area contributed by atoms with Crippen molar-refractivity contribution >= 4 is 9.84 Å². The molecule has 0 aliphatic carbocycles. The first-order chi connectivity index (χ1) is 9.45. The third kappa shape index (κ3) is 3.52. The van der Waals surface area contributed by atoms with E-state index in [0.29, 0.717) is 12.2 Å². The standard InChI is InChI=1S/C15H23NO3S/c1-4-14(16-12-7-8-20(17,18)10-12)13-9-11(2)5-6-15(13)19-3/h5-6,9,12,14,16H,4,7-8,10H2,1-3H3. The van der Waals surface area contributed by atoms with Gasteiger partial charge in [0.25, 0.3) is 0 Å². The Morgan fingerprint density at radius 1 is 1.45 bits per heavy atom. The Morgan fingerprint density at radius 2 is 2.20 bits per heavy atom. The smallest absolute Gasteiger partial charge is 0.151 e. The molecule has 1 aliphatic rings. The zero-order valence-electron chi connectivity index (χ0n) is 12.3. The fourth-order valence-corrected chi connectivity index (χ4v) is 4.45. The summed E-state index contributed by atoms with van der Waals surface area (Å²) in [4.78, 5) is 0. The summed E-state index contributed by atoms with van der Waals surface area (Å²) < 4.78 is 28.5. The molecule has 2 rings (SSSR count). The monoisotopic (exact) mass is 297 g/mol. The molecule has 0 aromatic heterocycles. The predicted molar refractivity (Wildman–Crippen MR) is 81.0 cm³/mol. The average Bonchev–Trinajstić information content (AvgIpc) is 2.75. The Morgan fingerprint density at radius 3 is 2.75 bits per heavy atom. The predicted octanol–water partition coefficient (Wildman–Crippen LogP) is 2.23. The molecule has 0 saturated carbocycles. The van der Waals surface area contributed by atoms with Crippen LogP contribution in [0.1, 0.15) is 36.9 Å². The number of methoxy groups -OCH3 is 1. The Hall–Kier alpha value is -1.07. The van der Waals surface area contributed by atoms with Crippen LogP contribution in [0.15, 0.2) is 18.2 Å². The second-order valence-corrected chi connectivity index (χ2v) is 7.70. The molecule has 1 saturated heterocycles. The number of ether oxygens (including phenoxy) is 1. The third-order valence-corrected chi connectivity index (χ3v) is 5.61. The molecule has 0 spiro atoms. The minimum atomic E-state index is -2.85. The normalized spacial score (nSPS) is 22.6. The van der Waals surface area contributed by atoms with E-state index in [2.05, 4.69) is 25.2 Å². The Kier molecular flexibility index (Phi) is 4.70. The van der Waals surface area contributed by atoms with E-state index in [1.54, 1.807) is 7.11 Å². The van der Waals surface area contributed by atoms with E-state index >= 15 is 0 Å². The van der Waals surface area contributed by atoms with E-state index in [-0.39, 0.29) is 17.8 Å². The van der Waals surface area contributed by atoms with Crippen LogP contribution in [0.2, 0.25) is 0 Å². The molecule has 1 fully saturated rings. The van der Waals surface area contributed by atoms with Crippen LogP contribution in [-0.2, 0) is 9.84 Å². The minimum Gasteiger partial charge on any atom is -0.496 e. The first-order valence-electron chi connectivity index (χ1n) is 7.06. The van der Waals surface area contributed by atoms with Crippen molar-refractivity contribution in [1.82, 2.24) is 5.32 Å². The minimum absolute atomic E-state index is 0.0511. The maximum absolute atomic E-state index is 11.6. The van der Waals surface area contributed by atoms with E-state index in [1.165, 1.54) is 5.56 Å². The lowest BCUT2D eigenvalue weighted by molar-refractivity contribution is 0.387. The van der Waals surface area contributed by atoms with Crippen LogP contribution < -0.4 is 10.1 Å². The summed E-state index contributed by atoms with van der Waals surface area (Å²) in [5.74, 6) is 1.40. The lowest BCUT2D eigenvalue weighted by atomic mass is 10.00. The largest absolute Gasteiger partial charge is 0.496 e. The van der Waals surface area contributed by atoms with Gasteiger partial charge in [0.05, 0.1) is 18.6 Å². The fraction of sp³-hybridized carbons (Fsp3) is 0.600. The van der Waals surface area contributed by atoms with Crippen LogP contribution in [-0.4, -0.2) is 33.1 Å². The van der Waals surface area contributed by atoms with Crippen LogP contribution in [0, 0.1) is 6.92 Å². The number of benzene rings is 1. The number of hydrogen-bond donors (Lipinski definition) is 1. The molecule has 4 nitrogen and oxygen atoms in total. The maximum atomic E-state index is 11.6. The van der Waals surface area contributed by atoms with Gasteiger partial charge in [-0.15, -0.1) is 0 Å². The molecule has 2 atom stereocenters. The highest BCUT2D eigenvalue weighted by atomic mass is 32.2. The van der Waals surface area contributed by atoms with Crippen molar-refractivity contribution in [3.05, 3.63) is 29.3 Å². The van der Waals surface area contributed by atoms with Crippen molar-refractivity contribution in [2.24, 2.45) is 0 Å². The first kappa shape index (κ1) is 15.3. The molecule has 112 valence electrons. The number of sulfone groups is 1. The molecule has 1 aliphatic heterocycles. The summed E-state index contributed by atoms with van der Waals surface area (Å²) in [5, 5.41) is 3.48. The van der Waals surface area contributed by atoms with Crippen molar-refractivity contribution < 1.29 is 13.2 Å². The van der Waals surface area contributed by atoms with E-state index in [0.717, 1.165) is 17.7 Å². The Labute approximate surface area is 121 Å². The van der Waals surface area contributed by atoms with Gasteiger partial charge < -0.3 is 10.1 Å². The second-order valence-electron chi connectivity index (χ2n) is 5.47. The highest BCUT2D eigenvalue weighted by molar-refractivity contribution is 7.91. The SMILES string of the molecule is CCC(NC1CCS(=O)(=O)C1)c1cc(C)ccc1OC. The highest BCUT2D eigenvalue weighted by Crippen LogP contribution is 2.29. The van der Waals surface area contributed by atoms with E-state index in [4.69, 9.17) is 4.74 Å². The van der Waals surface area contributed by atoms with Crippen molar-refractivity contribution in [1.29, 1.82) is 0 Å². The molecule has 1 N–H and O–H groups in total. The molecule has 20 heavy (non-hydrogen) atoms. The number of nitrogens with one attached hydrogen (secondary N) is 1. The number of rotatable bonds is 5. The fourth-order valence-electron chi connectivity index (χ4n) is 2.76. The first-order valence-corrected chi connectivity index (χ1v) is 8.88. The zero-order chi connectivity index (χ0) is 14.8. The topological polar surface area (TPSA) is 55.4 Å². The molecule has 0 radical (unpaired) electrons. The van der Waals surface area contributed by atoms with Crippen molar-refractivity contribution in [3.63, 3.8) is 0 Å². The van der Waals surface area contributed by atoms with Crippen LogP contribution in [0.5, 0.6) is 5.75 Å². The summed E-state index contributed by atoms with van der Waals surface area (Å²) in [7, 11) is -1.18. The Balaban J connectivity index is 2.18. The van der Waals surface area contributed by atoms with Crippen LogP contribution in [0.25, 0.3) is 0 Å². The third-order valence-electron chi connectivity index (χ3n) is 3.84. The molecular weight excluding hydrogens is 274 g/mol. The molecule has 1 aromatic rings.